The number of anilines is 1. The van der Waals surface area contributed by atoms with E-state index in [1.165, 1.54) is 48.1 Å². The zero-order valence-electron chi connectivity index (χ0n) is 14.3. The summed E-state index contributed by atoms with van der Waals surface area (Å²) in [5, 5.41) is 4.79. The Morgan fingerprint density at radius 2 is 2.10 bits per heavy atom. The van der Waals surface area contributed by atoms with Crippen molar-refractivity contribution < 1.29 is 0 Å². The molecule has 0 bridgehead atoms. The molecule has 4 heteroatoms. The average molecular weight is 310 g/mol. The standard InChI is InChI=1S/C17H31N3S/c1-6-14-8-7-9-20(11-14)17-19-16(12(2)3)15(21-17)10-18-13(4)5/h12-14,18H,6-11H2,1-5H3. The first kappa shape index (κ1) is 16.8. The van der Waals surface area contributed by atoms with Gasteiger partial charge < -0.3 is 10.2 Å². The van der Waals surface area contributed by atoms with Crippen molar-refractivity contribution in [1.82, 2.24) is 10.3 Å². The zero-order chi connectivity index (χ0) is 15.4. The molecule has 1 unspecified atom stereocenters. The van der Waals surface area contributed by atoms with E-state index in [-0.39, 0.29) is 0 Å². The van der Waals surface area contributed by atoms with Gasteiger partial charge in [-0.3, -0.25) is 0 Å². The zero-order valence-corrected chi connectivity index (χ0v) is 15.1. The lowest BCUT2D eigenvalue weighted by atomic mass is 9.96. The van der Waals surface area contributed by atoms with E-state index < -0.39 is 0 Å². The van der Waals surface area contributed by atoms with Gasteiger partial charge in [0.1, 0.15) is 0 Å². The molecule has 1 N–H and O–H groups in total. The Balaban J connectivity index is 2.14. The highest BCUT2D eigenvalue weighted by Crippen LogP contribution is 2.33. The monoisotopic (exact) mass is 309 g/mol. The van der Waals surface area contributed by atoms with Crippen molar-refractivity contribution in [3.63, 3.8) is 0 Å². The van der Waals surface area contributed by atoms with Gasteiger partial charge in [-0.1, -0.05) is 41.0 Å². The molecule has 1 aliphatic rings. The molecule has 1 aromatic rings. The van der Waals surface area contributed by atoms with E-state index >= 15 is 0 Å². The second kappa shape index (κ2) is 7.59. The largest absolute Gasteiger partial charge is 0.348 e. The summed E-state index contributed by atoms with van der Waals surface area (Å²) in [6.07, 6.45) is 3.99. The van der Waals surface area contributed by atoms with Crippen LogP contribution >= 0.6 is 11.3 Å². The fourth-order valence-electron chi connectivity index (χ4n) is 2.93. The van der Waals surface area contributed by atoms with Crippen LogP contribution in [0.5, 0.6) is 0 Å². The van der Waals surface area contributed by atoms with Gasteiger partial charge in [-0.15, -0.1) is 11.3 Å². The number of hydrogen-bond acceptors (Lipinski definition) is 4. The molecule has 1 aromatic heterocycles. The van der Waals surface area contributed by atoms with E-state index in [0.717, 1.165) is 12.5 Å². The number of rotatable bonds is 6. The van der Waals surface area contributed by atoms with Gasteiger partial charge >= 0.3 is 0 Å². The molecular weight excluding hydrogens is 278 g/mol. The van der Waals surface area contributed by atoms with Crippen LogP contribution in [0.3, 0.4) is 0 Å². The predicted octanol–water partition coefficient (Wildman–Crippen LogP) is 4.39. The molecule has 0 amide bonds. The molecule has 1 aliphatic heterocycles. The lowest BCUT2D eigenvalue weighted by molar-refractivity contribution is 0.404. The maximum atomic E-state index is 4.98. The van der Waals surface area contributed by atoms with Gasteiger partial charge in [0.25, 0.3) is 0 Å². The first-order chi connectivity index (χ1) is 10.0. The van der Waals surface area contributed by atoms with Crippen molar-refractivity contribution in [3.05, 3.63) is 10.6 Å². The summed E-state index contributed by atoms with van der Waals surface area (Å²) in [4.78, 5) is 8.93. The van der Waals surface area contributed by atoms with Crippen LogP contribution in [-0.2, 0) is 6.54 Å². The Bertz CT molecular complexity index is 439. The highest BCUT2D eigenvalue weighted by atomic mass is 32.1. The van der Waals surface area contributed by atoms with Crippen molar-refractivity contribution >= 4 is 16.5 Å². The third-order valence-electron chi connectivity index (χ3n) is 4.30. The number of aromatic nitrogens is 1. The smallest absolute Gasteiger partial charge is 0.185 e. The van der Waals surface area contributed by atoms with Crippen molar-refractivity contribution in [2.45, 2.75) is 72.4 Å². The molecule has 2 rings (SSSR count). The lowest BCUT2D eigenvalue weighted by Gasteiger charge is -2.32. The topological polar surface area (TPSA) is 28.2 Å². The van der Waals surface area contributed by atoms with Crippen LogP contribution in [0.1, 0.15) is 70.4 Å². The van der Waals surface area contributed by atoms with Crippen LogP contribution in [0, 0.1) is 5.92 Å². The summed E-state index contributed by atoms with van der Waals surface area (Å²) in [7, 11) is 0. The van der Waals surface area contributed by atoms with Crippen LogP contribution in [-0.4, -0.2) is 24.1 Å². The average Bonchev–Trinajstić information content (AvgIpc) is 2.89. The molecule has 1 saturated heterocycles. The predicted molar refractivity (Wildman–Crippen MR) is 93.4 cm³/mol. The summed E-state index contributed by atoms with van der Waals surface area (Å²) in [5.41, 5.74) is 1.29. The third kappa shape index (κ3) is 4.43. The van der Waals surface area contributed by atoms with E-state index in [1.807, 2.05) is 11.3 Å². The normalized spacial score (nSPS) is 19.8. The molecule has 0 radical (unpaired) electrons. The van der Waals surface area contributed by atoms with Gasteiger partial charge in [-0.2, -0.15) is 0 Å². The Hall–Kier alpha value is -0.610. The van der Waals surface area contributed by atoms with Gasteiger partial charge in [0.15, 0.2) is 5.13 Å². The first-order valence-corrected chi connectivity index (χ1v) is 9.30. The summed E-state index contributed by atoms with van der Waals surface area (Å²) < 4.78 is 0. The van der Waals surface area contributed by atoms with E-state index in [9.17, 15) is 0 Å². The fraction of sp³-hybridized carbons (Fsp3) is 0.824. The Kier molecular flexibility index (Phi) is 6.06. The summed E-state index contributed by atoms with van der Waals surface area (Å²) >= 11 is 1.90. The van der Waals surface area contributed by atoms with Gasteiger partial charge in [-0.25, -0.2) is 4.98 Å². The van der Waals surface area contributed by atoms with Crippen LogP contribution in [0.2, 0.25) is 0 Å². The maximum absolute atomic E-state index is 4.98. The highest BCUT2D eigenvalue weighted by molar-refractivity contribution is 7.15. The van der Waals surface area contributed by atoms with Crippen molar-refractivity contribution in [3.8, 4) is 0 Å². The Morgan fingerprint density at radius 1 is 1.33 bits per heavy atom. The minimum Gasteiger partial charge on any atom is -0.348 e. The molecule has 3 nitrogen and oxygen atoms in total. The molecular formula is C17H31N3S. The SMILES string of the molecule is CCC1CCCN(c2nc(C(C)C)c(CNC(C)C)s2)C1. The molecule has 21 heavy (non-hydrogen) atoms. The van der Waals surface area contributed by atoms with E-state index in [1.54, 1.807) is 0 Å². The van der Waals surface area contributed by atoms with E-state index in [4.69, 9.17) is 4.98 Å². The number of nitrogens with zero attached hydrogens (tertiary/aromatic N) is 2. The van der Waals surface area contributed by atoms with Crippen molar-refractivity contribution in [2.24, 2.45) is 5.92 Å². The second-order valence-electron chi connectivity index (χ2n) is 6.86. The number of piperidine rings is 1. The summed E-state index contributed by atoms with van der Waals surface area (Å²) in [5.74, 6) is 1.35. The van der Waals surface area contributed by atoms with E-state index in [0.29, 0.717) is 12.0 Å². The maximum Gasteiger partial charge on any atom is 0.185 e. The van der Waals surface area contributed by atoms with Gasteiger partial charge in [-0.05, 0) is 24.7 Å². The molecule has 1 atom stereocenters. The van der Waals surface area contributed by atoms with E-state index in [2.05, 4.69) is 44.8 Å². The van der Waals surface area contributed by atoms with Crippen molar-refractivity contribution in [1.29, 1.82) is 0 Å². The lowest BCUT2D eigenvalue weighted by Crippen LogP contribution is -2.35. The van der Waals surface area contributed by atoms with Crippen LogP contribution < -0.4 is 10.2 Å². The van der Waals surface area contributed by atoms with Gasteiger partial charge in [0.2, 0.25) is 0 Å². The third-order valence-corrected chi connectivity index (χ3v) is 5.43. The van der Waals surface area contributed by atoms with Gasteiger partial charge in [0.05, 0.1) is 5.69 Å². The minimum absolute atomic E-state index is 0.505. The molecule has 120 valence electrons. The summed E-state index contributed by atoms with van der Waals surface area (Å²) in [6.45, 7) is 14.5. The molecule has 1 fully saturated rings. The summed E-state index contributed by atoms with van der Waals surface area (Å²) in [6, 6.07) is 0.523. The van der Waals surface area contributed by atoms with Crippen LogP contribution in [0.4, 0.5) is 5.13 Å². The molecule has 0 aromatic carbocycles. The number of hydrogen-bond donors (Lipinski definition) is 1. The first-order valence-electron chi connectivity index (χ1n) is 8.49. The minimum atomic E-state index is 0.505. The fourth-order valence-corrected chi connectivity index (χ4v) is 4.13. The van der Waals surface area contributed by atoms with Crippen LogP contribution in [0.25, 0.3) is 0 Å². The molecule has 0 saturated carbocycles. The van der Waals surface area contributed by atoms with Crippen LogP contribution in [0.15, 0.2) is 0 Å². The van der Waals surface area contributed by atoms with Gasteiger partial charge in [0, 0.05) is 30.6 Å². The molecule has 0 aliphatic carbocycles. The molecule has 0 spiro atoms. The second-order valence-corrected chi connectivity index (χ2v) is 7.92. The number of thiazole rings is 1. The Morgan fingerprint density at radius 3 is 2.71 bits per heavy atom. The van der Waals surface area contributed by atoms with Crippen molar-refractivity contribution in [2.75, 3.05) is 18.0 Å². The Labute approximate surface area is 134 Å². The highest BCUT2D eigenvalue weighted by Gasteiger charge is 2.23. The quantitative estimate of drug-likeness (QED) is 0.844. The molecule has 2 heterocycles. The number of nitrogens with one attached hydrogen (secondary N) is 1.